The van der Waals surface area contributed by atoms with E-state index in [0.29, 0.717) is 18.2 Å². The Kier molecular flexibility index (Phi) is 5.09. The molecule has 0 aliphatic rings. The Morgan fingerprint density at radius 2 is 1.71 bits per heavy atom. The smallest absolute Gasteiger partial charge is 0.320 e. The fraction of sp³-hybridized carbons (Fsp3) is 0.267. The summed E-state index contributed by atoms with van der Waals surface area (Å²) in [5.41, 5.74) is 1.16. The first-order valence-corrected chi connectivity index (χ1v) is 6.82. The second-order valence-corrected chi connectivity index (χ2v) is 4.90. The molecule has 2 rings (SSSR count). The van der Waals surface area contributed by atoms with Crippen LogP contribution in [0.4, 0.5) is 16.4 Å². The summed E-state index contributed by atoms with van der Waals surface area (Å²) in [6.45, 7) is 4.46. The molecule has 6 heteroatoms. The van der Waals surface area contributed by atoms with Crippen molar-refractivity contribution in [3.8, 4) is 0 Å². The molecule has 0 aliphatic heterocycles. The van der Waals surface area contributed by atoms with Crippen molar-refractivity contribution >= 4 is 17.7 Å². The zero-order valence-corrected chi connectivity index (χ0v) is 12.1. The number of nitrogens with zero attached hydrogens (tertiary/aromatic N) is 2. The van der Waals surface area contributed by atoms with Crippen LogP contribution in [0.15, 0.2) is 42.5 Å². The Bertz CT molecular complexity index is 568. The molecule has 6 nitrogen and oxygen atoms in total. The lowest BCUT2D eigenvalue weighted by Gasteiger charge is -2.09. The molecule has 0 atom stereocenters. The summed E-state index contributed by atoms with van der Waals surface area (Å²) >= 11 is 0. The van der Waals surface area contributed by atoms with Crippen LogP contribution in [0.5, 0.6) is 0 Å². The number of anilines is 2. The van der Waals surface area contributed by atoms with E-state index >= 15 is 0 Å². The predicted octanol–water partition coefficient (Wildman–Crippen LogP) is 2.62. The highest BCUT2D eigenvalue weighted by Crippen LogP contribution is 2.08. The molecule has 21 heavy (non-hydrogen) atoms. The average Bonchev–Trinajstić information content (AvgIpc) is 2.47. The van der Waals surface area contributed by atoms with Gasteiger partial charge < -0.3 is 10.6 Å². The Morgan fingerprint density at radius 3 is 2.33 bits per heavy atom. The molecule has 0 aliphatic carbocycles. The Hall–Kier alpha value is -2.63. The molecule has 0 fully saturated rings. The first-order chi connectivity index (χ1) is 10.1. The molecule has 0 spiro atoms. The number of urea groups is 1. The summed E-state index contributed by atoms with van der Waals surface area (Å²) in [7, 11) is 0. The number of hydrogen-bond acceptors (Lipinski definition) is 4. The van der Waals surface area contributed by atoms with Gasteiger partial charge in [0.1, 0.15) is 5.82 Å². The van der Waals surface area contributed by atoms with Crippen LogP contribution >= 0.6 is 0 Å². The molecule has 110 valence electrons. The molecule has 0 radical (unpaired) electrons. The van der Waals surface area contributed by atoms with Crippen LogP contribution in [-0.4, -0.2) is 22.3 Å². The van der Waals surface area contributed by atoms with Crippen molar-refractivity contribution in [2.75, 3.05) is 10.6 Å². The van der Waals surface area contributed by atoms with E-state index in [9.17, 15) is 4.79 Å². The van der Waals surface area contributed by atoms with Gasteiger partial charge in [-0.05, 0) is 31.5 Å². The number of hydrogen-bond donors (Lipinski definition) is 3. The van der Waals surface area contributed by atoms with Gasteiger partial charge in [-0.25, -0.2) is 4.79 Å². The Balaban J connectivity index is 1.86. The summed E-state index contributed by atoms with van der Waals surface area (Å²) < 4.78 is 0. The molecule has 1 aromatic carbocycles. The van der Waals surface area contributed by atoms with Gasteiger partial charge in [0.15, 0.2) is 5.82 Å². The molecule has 0 saturated carbocycles. The van der Waals surface area contributed by atoms with Gasteiger partial charge >= 0.3 is 6.03 Å². The van der Waals surface area contributed by atoms with Gasteiger partial charge in [-0.1, -0.05) is 30.3 Å². The minimum absolute atomic E-state index is 0.0739. The highest BCUT2D eigenvalue weighted by atomic mass is 16.2. The maximum absolute atomic E-state index is 11.5. The Labute approximate surface area is 124 Å². The number of carbonyl (C=O) groups is 1. The quantitative estimate of drug-likeness (QED) is 0.789. The van der Waals surface area contributed by atoms with Crippen LogP contribution in [0.3, 0.4) is 0 Å². The zero-order valence-electron chi connectivity index (χ0n) is 12.1. The lowest BCUT2D eigenvalue weighted by atomic mass is 10.2. The number of carbonyl (C=O) groups excluding carboxylic acids is 1. The second kappa shape index (κ2) is 7.23. The third-order valence-electron chi connectivity index (χ3n) is 2.64. The number of benzene rings is 1. The van der Waals surface area contributed by atoms with Crippen LogP contribution < -0.4 is 16.0 Å². The second-order valence-electron chi connectivity index (χ2n) is 4.90. The minimum Gasteiger partial charge on any atom is -0.365 e. The zero-order chi connectivity index (χ0) is 15.1. The van der Waals surface area contributed by atoms with Crippen molar-refractivity contribution in [3.05, 3.63) is 48.0 Å². The number of amides is 2. The van der Waals surface area contributed by atoms with E-state index in [-0.39, 0.29) is 12.1 Å². The van der Waals surface area contributed by atoms with Gasteiger partial charge in [0.25, 0.3) is 0 Å². The summed E-state index contributed by atoms with van der Waals surface area (Å²) in [6.07, 6.45) is 0. The largest absolute Gasteiger partial charge is 0.365 e. The number of aromatic nitrogens is 2. The highest BCUT2D eigenvalue weighted by Gasteiger charge is 2.04. The van der Waals surface area contributed by atoms with E-state index in [1.54, 1.807) is 12.1 Å². The van der Waals surface area contributed by atoms with Crippen LogP contribution in [0.1, 0.15) is 19.4 Å². The van der Waals surface area contributed by atoms with Crippen molar-refractivity contribution < 1.29 is 4.79 Å². The molecule has 1 heterocycles. The van der Waals surface area contributed by atoms with Crippen molar-refractivity contribution in [1.29, 1.82) is 0 Å². The van der Waals surface area contributed by atoms with Crippen molar-refractivity contribution in [2.24, 2.45) is 0 Å². The summed E-state index contributed by atoms with van der Waals surface area (Å²) in [4.78, 5) is 11.5. The fourth-order valence-corrected chi connectivity index (χ4v) is 1.70. The van der Waals surface area contributed by atoms with Crippen LogP contribution in [0, 0.1) is 0 Å². The van der Waals surface area contributed by atoms with Crippen LogP contribution in [0.25, 0.3) is 0 Å². The average molecular weight is 285 g/mol. The molecule has 1 aromatic heterocycles. The van der Waals surface area contributed by atoms with E-state index in [2.05, 4.69) is 26.1 Å². The SMILES string of the molecule is CC(C)NC(=O)Nc1ccc(NCc2ccccc2)nn1. The number of rotatable bonds is 5. The summed E-state index contributed by atoms with van der Waals surface area (Å²) in [6, 6.07) is 13.3. The van der Waals surface area contributed by atoms with Gasteiger partial charge in [-0.2, -0.15) is 0 Å². The molecular weight excluding hydrogens is 266 g/mol. The lowest BCUT2D eigenvalue weighted by molar-refractivity contribution is 0.250. The molecule has 0 bridgehead atoms. The van der Waals surface area contributed by atoms with E-state index in [4.69, 9.17) is 0 Å². The van der Waals surface area contributed by atoms with Gasteiger partial charge in [-0.15, -0.1) is 10.2 Å². The van der Waals surface area contributed by atoms with Gasteiger partial charge in [0.05, 0.1) is 0 Å². The third-order valence-corrected chi connectivity index (χ3v) is 2.64. The topological polar surface area (TPSA) is 78.9 Å². The standard InChI is InChI=1S/C15H19N5O/c1-11(2)17-15(21)18-14-9-8-13(19-20-14)16-10-12-6-4-3-5-7-12/h3-9,11H,10H2,1-2H3,(H,16,19)(H2,17,18,20,21). The molecular formula is C15H19N5O. The molecule has 2 amide bonds. The molecule has 0 unspecified atom stereocenters. The van der Waals surface area contributed by atoms with Crippen molar-refractivity contribution in [1.82, 2.24) is 15.5 Å². The van der Waals surface area contributed by atoms with E-state index < -0.39 is 0 Å². The minimum atomic E-state index is -0.288. The van der Waals surface area contributed by atoms with Crippen LogP contribution in [-0.2, 0) is 6.54 Å². The fourth-order valence-electron chi connectivity index (χ4n) is 1.70. The van der Waals surface area contributed by atoms with Gasteiger partial charge in [0.2, 0.25) is 0 Å². The van der Waals surface area contributed by atoms with Gasteiger partial charge in [0, 0.05) is 12.6 Å². The summed E-state index contributed by atoms with van der Waals surface area (Å²) in [5, 5.41) is 16.5. The van der Waals surface area contributed by atoms with Crippen molar-refractivity contribution in [3.63, 3.8) is 0 Å². The maximum Gasteiger partial charge on any atom is 0.320 e. The van der Waals surface area contributed by atoms with E-state index in [0.717, 1.165) is 5.56 Å². The highest BCUT2D eigenvalue weighted by molar-refractivity contribution is 5.88. The lowest BCUT2D eigenvalue weighted by Crippen LogP contribution is -2.34. The van der Waals surface area contributed by atoms with Crippen LogP contribution in [0.2, 0.25) is 0 Å². The first kappa shape index (κ1) is 14.8. The normalized spacial score (nSPS) is 10.2. The van der Waals surface area contributed by atoms with E-state index in [1.807, 2.05) is 44.2 Å². The van der Waals surface area contributed by atoms with Crippen molar-refractivity contribution in [2.45, 2.75) is 26.4 Å². The van der Waals surface area contributed by atoms with E-state index in [1.165, 1.54) is 0 Å². The maximum atomic E-state index is 11.5. The third kappa shape index (κ3) is 5.10. The Morgan fingerprint density at radius 1 is 1.05 bits per heavy atom. The number of nitrogens with one attached hydrogen (secondary N) is 3. The first-order valence-electron chi connectivity index (χ1n) is 6.82. The molecule has 0 saturated heterocycles. The molecule has 3 N–H and O–H groups in total. The summed E-state index contributed by atoms with van der Waals surface area (Å²) in [5.74, 6) is 1.08. The molecule has 2 aromatic rings. The monoisotopic (exact) mass is 285 g/mol. The van der Waals surface area contributed by atoms with Gasteiger partial charge in [-0.3, -0.25) is 5.32 Å². The predicted molar refractivity (Wildman–Crippen MR) is 83.1 cm³/mol.